The minimum Gasteiger partial charge on any atom is -0.340 e. The van der Waals surface area contributed by atoms with E-state index in [1.165, 1.54) is 22.9 Å². The average Bonchev–Trinajstić information content (AvgIpc) is 2.82. The van der Waals surface area contributed by atoms with E-state index in [2.05, 4.69) is 25.9 Å². The lowest BCUT2D eigenvalue weighted by molar-refractivity contribution is -0.386. The predicted octanol–water partition coefficient (Wildman–Crippen LogP) is 2.44. The molecule has 2 aromatic heterocycles. The molecule has 8 heteroatoms. The van der Waals surface area contributed by atoms with Gasteiger partial charge in [0.15, 0.2) is 0 Å². The van der Waals surface area contributed by atoms with E-state index in [0.717, 1.165) is 15.5 Å². The Balaban J connectivity index is 2.01. The van der Waals surface area contributed by atoms with Gasteiger partial charge < -0.3 is 9.55 Å². The first-order valence-electron chi connectivity index (χ1n) is 6.02. The Morgan fingerprint density at radius 3 is 2.95 bits per heavy atom. The van der Waals surface area contributed by atoms with Gasteiger partial charge in [-0.3, -0.25) is 14.9 Å². The summed E-state index contributed by atoms with van der Waals surface area (Å²) in [6.45, 7) is 0.146. The maximum Gasteiger partial charge on any atom is 0.334 e. The third kappa shape index (κ3) is 2.57. The zero-order valence-corrected chi connectivity index (χ0v) is 12.2. The van der Waals surface area contributed by atoms with E-state index >= 15 is 0 Å². The molecule has 0 saturated carbocycles. The number of nitrogens with one attached hydrogen (secondary N) is 1. The Morgan fingerprint density at radius 1 is 1.38 bits per heavy atom. The predicted molar refractivity (Wildman–Crippen MR) is 80.3 cm³/mol. The molecule has 1 N–H and O–H groups in total. The third-order valence-corrected chi connectivity index (χ3v) is 3.50. The number of pyridine rings is 1. The van der Waals surface area contributed by atoms with Gasteiger partial charge in [0.2, 0.25) is 0 Å². The number of hydrogen-bond donors (Lipinski definition) is 1. The van der Waals surface area contributed by atoms with Crippen LogP contribution in [0, 0.1) is 10.1 Å². The number of aromatic amines is 1. The van der Waals surface area contributed by atoms with Crippen LogP contribution in [0.25, 0.3) is 11.0 Å². The standard InChI is InChI=1S/C13H9BrN4O3/c14-8-3-4-9-10(6-8)16-12(15-9)7-17-5-1-2-11(13(17)19)18(20)21/h1-6H,7H2,(H,15,16). The molecule has 106 valence electrons. The molecule has 0 radical (unpaired) electrons. The fraction of sp³-hybridized carbons (Fsp3) is 0.0769. The lowest BCUT2D eigenvalue weighted by Gasteiger charge is -2.02. The molecule has 0 aliphatic heterocycles. The largest absolute Gasteiger partial charge is 0.340 e. The van der Waals surface area contributed by atoms with Crippen LogP contribution in [0.3, 0.4) is 0 Å². The van der Waals surface area contributed by atoms with Crippen molar-refractivity contribution < 1.29 is 4.92 Å². The van der Waals surface area contributed by atoms with Gasteiger partial charge in [-0.2, -0.15) is 0 Å². The number of halogens is 1. The Labute approximate surface area is 126 Å². The van der Waals surface area contributed by atoms with Crippen molar-refractivity contribution >= 4 is 32.7 Å². The number of benzene rings is 1. The van der Waals surface area contributed by atoms with Crippen LogP contribution in [0.2, 0.25) is 0 Å². The summed E-state index contributed by atoms with van der Waals surface area (Å²) in [4.78, 5) is 29.5. The first-order valence-corrected chi connectivity index (χ1v) is 6.82. The van der Waals surface area contributed by atoms with Gasteiger partial charge in [-0.15, -0.1) is 0 Å². The fourth-order valence-corrected chi connectivity index (χ4v) is 2.42. The van der Waals surface area contributed by atoms with Gasteiger partial charge in [0.1, 0.15) is 5.82 Å². The zero-order chi connectivity index (χ0) is 15.0. The van der Waals surface area contributed by atoms with Crippen molar-refractivity contribution in [1.29, 1.82) is 0 Å². The molecule has 21 heavy (non-hydrogen) atoms. The van der Waals surface area contributed by atoms with Gasteiger partial charge in [0, 0.05) is 16.7 Å². The summed E-state index contributed by atoms with van der Waals surface area (Å²) in [7, 11) is 0. The van der Waals surface area contributed by atoms with E-state index in [0.29, 0.717) is 5.82 Å². The number of rotatable bonds is 3. The molecule has 7 nitrogen and oxygen atoms in total. The summed E-state index contributed by atoms with van der Waals surface area (Å²) in [5.74, 6) is 0.561. The Bertz CT molecular complexity index is 900. The highest BCUT2D eigenvalue weighted by Crippen LogP contribution is 2.18. The molecule has 0 saturated heterocycles. The molecule has 0 bridgehead atoms. The van der Waals surface area contributed by atoms with Crippen LogP contribution in [-0.2, 0) is 6.54 Å². The van der Waals surface area contributed by atoms with Crippen LogP contribution >= 0.6 is 15.9 Å². The van der Waals surface area contributed by atoms with Crippen LogP contribution in [-0.4, -0.2) is 19.5 Å². The molecule has 0 amide bonds. The SMILES string of the molecule is O=c1c([N+](=O)[O-])cccn1Cc1nc2ccc(Br)cc2[nH]1. The van der Waals surface area contributed by atoms with Gasteiger partial charge in [-0.05, 0) is 24.3 Å². The summed E-state index contributed by atoms with van der Waals surface area (Å²) in [6.07, 6.45) is 1.50. The Morgan fingerprint density at radius 2 is 2.19 bits per heavy atom. The van der Waals surface area contributed by atoms with Crippen LogP contribution in [0.5, 0.6) is 0 Å². The molecule has 0 spiro atoms. The van der Waals surface area contributed by atoms with Crippen molar-refractivity contribution in [2.75, 3.05) is 0 Å². The molecular formula is C13H9BrN4O3. The van der Waals surface area contributed by atoms with Gasteiger partial charge in [0.25, 0.3) is 0 Å². The van der Waals surface area contributed by atoms with E-state index in [1.54, 1.807) is 0 Å². The maximum absolute atomic E-state index is 12.0. The summed E-state index contributed by atoms with van der Waals surface area (Å²) >= 11 is 3.37. The minimum atomic E-state index is -0.686. The first-order chi connectivity index (χ1) is 10.0. The van der Waals surface area contributed by atoms with Crippen molar-refractivity contribution in [3.05, 3.63) is 67.3 Å². The first kappa shape index (κ1) is 13.5. The minimum absolute atomic E-state index is 0.146. The van der Waals surface area contributed by atoms with Crippen molar-refractivity contribution in [3.8, 4) is 0 Å². The fourth-order valence-electron chi connectivity index (χ4n) is 2.06. The highest BCUT2D eigenvalue weighted by atomic mass is 79.9. The monoisotopic (exact) mass is 348 g/mol. The highest BCUT2D eigenvalue weighted by Gasteiger charge is 2.14. The van der Waals surface area contributed by atoms with Gasteiger partial charge in [0.05, 0.1) is 22.5 Å². The molecule has 0 unspecified atom stereocenters. The lowest BCUT2D eigenvalue weighted by Crippen LogP contribution is -2.22. The number of H-pyrrole nitrogens is 1. The topological polar surface area (TPSA) is 93.8 Å². The number of aromatic nitrogens is 3. The van der Waals surface area contributed by atoms with Crippen LogP contribution < -0.4 is 5.56 Å². The van der Waals surface area contributed by atoms with Crippen molar-refractivity contribution in [3.63, 3.8) is 0 Å². The molecule has 3 aromatic rings. The summed E-state index contributed by atoms with van der Waals surface area (Å²) in [6, 6.07) is 8.25. The maximum atomic E-state index is 12.0. The molecular weight excluding hydrogens is 340 g/mol. The van der Waals surface area contributed by atoms with Crippen LogP contribution in [0.1, 0.15) is 5.82 Å². The van der Waals surface area contributed by atoms with Gasteiger partial charge in [-0.1, -0.05) is 15.9 Å². The summed E-state index contributed by atoms with van der Waals surface area (Å²) in [5.41, 5.74) is 0.505. The molecule has 1 aromatic carbocycles. The van der Waals surface area contributed by atoms with Crippen molar-refractivity contribution in [1.82, 2.24) is 14.5 Å². The normalized spacial score (nSPS) is 10.9. The number of nitro groups is 1. The van der Waals surface area contributed by atoms with E-state index < -0.39 is 16.2 Å². The van der Waals surface area contributed by atoms with Gasteiger partial charge >= 0.3 is 11.2 Å². The number of hydrogen-bond acceptors (Lipinski definition) is 4. The van der Waals surface area contributed by atoms with E-state index in [9.17, 15) is 14.9 Å². The van der Waals surface area contributed by atoms with Crippen molar-refractivity contribution in [2.45, 2.75) is 6.54 Å². The number of imidazole rings is 1. The third-order valence-electron chi connectivity index (χ3n) is 3.01. The Kier molecular flexibility index (Phi) is 3.30. The van der Waals surface area contributed by atoms with E-state index in [1.807, 2.05) is 18.2 Å². The van der Waals surface area contributed by atoms with E-state index in [-0.39, 0.29) is 6.54 Å². The highest BCUT2D eigenvalue weighted by molar-refractivity contribution is 9.10. The van der Waals surface area contributed by atoms with Crippen LogP contribution in [0.15, 0.2) is 45.8 Å². The molecule has 3 rings (SSSR count). The second kappa shape index (κ2) is 5.13. The molecule has 2 heterocycles. The Hall–Kier alpha value is -2.48. The number of nitrogens with zero attached hydrogens (tertiary/aromatic N) is 3. The molecule has 0 atom stereocenters. The quantitative estimate of drug-likeness (QED) is 0.580. The molecule has 0 fully saturated rings. The zero-order valence-electron chi connectivity index (χ0n) is 10.6. The van der Waals surface area contributed by atoms with Crippen molar-refractivity contribution in [2.24, 2.45) is 0 Å². The number of fused-ring (bicyclic) bond motifs is 1. The van der Waals surface area contributed by atoms with Gasteiger partial charge in [-0.25, -0.2) is 4.98 Å². The second-order valence-electron chi connectivity index (χ2n) is 4.43. The molecule has 0 aliphatic rings. The summed E-state index contributed by atoms with van der Waals surface area (Å²) < 4.78 is 2.17. The lowest BCUT2D eigenvalue weighted by atomic mass is 10.3. The van der Waals surface area contributed by atoms with Crippen LogP contribution in [0.4, 0.5) is 5.69 Å². The second-order valence-corrected chi connectivity index (χ2v) is 5.34. The van der Waals surface area contributed by atoms with E-state index in [4.69, 9.17) is 0 Å². The summed E-state index contributed by atoms with van der Waals surface area (Å²) in [5, 5.41) is 10.8. The average molecular weight is 349 g/mol. The smallest absolute Gasteiger partial charge is 0.334 e. The molecule has 0 aliphatic carbocycles.